The van der Waals surface area contributed by atoms with Crippen molar-refractivity contribution in [2.45, 2.75) is 0 Å². The van der Waals surface area contributed by atoms with E-state index in [4.69, 9.17) is 10.2 Å². The topological polar surface area (TPSA) is 110 Å². The minimum absolute atomic E-state index is 0. The molecule has 0 unspecified atom stereocenters. The molecule has 14 heavy (non-hydrogen) atoms. The summed E-state index contributed by atoms with van der Waals surface area (Å²) in [6, 6.07) is 5.02. The summed E-state index contributed by atoms with van der Waals surface area (Å²) in [5.41, 5.74) is 0.167. The molecule has 0 heterocycles. The van der Waals surface area contributed by atoms with Gasteiger partial charge in [-0.3, -0.25) is 0 Å². The average Bonchev–Trinajstić information content (AvgIpc) is 2.04. The van der Waals surface area contributed by atoms with Gasteiger partial charge in [-0.1, -0.05) is 0 Å². The molecular formula is C8H11CaNO4. The molecule has 0 radical (unpaired) electrons. The van der Waals surface area contributed by atoms with Gasteiger partial charge in [-0.15, -0.1) is 0 Å². The molecule has 0 aliphatic heterocycles. The molecule has 6 heteroatoms. The molecule has 1 aromatic carbocycles. The molecule has 0 aromatic heterocycles. The largest absolute Gasteiger partial charge is 2.00 e. The molecule has 1 aromatic rings. The van der Waals surface area contributed by atoms with E-state index in [1.54, 1.807) is 0 Å². The van der Waals surface area contributed by atoms with Crippen molar-refractivity contribution in [1.29, 1.82) is 0 Å². The quantitative estimate of drug-likeness (QED) is 0.652. The van der Waals surface area contributed by atoms with E-state index in [9.17, 15) is 9.59 Å². The van der Waals surface area contributed by atoms with Gasteiger partial charge in [-0.25, -0.2) is 9.59 Å². The fourth-order valence-corrected chi connectivity index (χ4v) is 0.755. The minimum atomic E-state index is -1.06. The van der Waals surface area contributed by atoms with Crippen LogP contribution < -0.4 is 6.15 Å². The molecule has 0 spiro atoms. The van der Waals surface area contributed by atoms with E-state index in [1.165, 1.54) is 24.3 Å². The minimum Gasteiger partial charge on any atom is -1.00 e. The number of hydrogen-bond acceptors (Lipinski definition) is 3. The third kappa shape index (κ3) is 4.06. The van der Waals surface area contributed by atoms with Crippen molar-refractivity contribution in [1.82, 2.24) is 6.15 Å². The maximum Gasteiger partial charge on any atom is 2.00 e. The van der Waals surface area contributed by atoms with Crippen LogP contribution in [0.2, 0.25) is 0 Å². The Labute approximate surface area is 113 Å². The molecular weight excluding hydrogens is 214 g/mol. The molecule has 0 fully saturated rings. The summed E-state index contributed by atoms with van der Waals surface area (Å²) in [6.45, 7) is 0. The van der Waals surface area contributed by atoms with Crippen LogP contribution in [0.1, 0.15) is 23.6 Å². The van der Waals surface area contributed by atoms with E-state index in [0.717, 1.165) is 0 Å². The van der Waals surface area contributed by atoms with Crippen molar-refractivity contribution >= 4 is 49.7 Å². The van der Waals surface area contributed by atoms with Gasteiger partial charge in [0.2, 0.25) is 0 Å². The van der Waals surface area contributed by atoms with Crippen LogP contribution in [0.3, 0.4) is 0 Å². The van der Waals surface area contributed by atoms with Gasteiger partial charge in [0.05, 0.1) is 11.1 Å². The van der Waals surface area contributed by atoms with Crippen LogP contribution in [0, 0.1) is 0 Å². The van der Waals surface area contributed by atoms with E-state index in [2.05, 4.69) is 0 Å². The Bertz CT molecular complexity index is 298. The summed E-state index contributed by atoms with van der Waals surface area (Å²) < 4.78 is 0. The van der Waals surface area contributed by atoms with E-state index >= 15 is 0 Å². The molecule has 0 saturated heterocycles. The predicted molar refractivity (Wildman–Crippen MR) is 53.4 cm³/mol. The molecule has 5 N–H and O–H groups in total. The van der Waals surface area contributed by atoms with Crippen LogP contribution in [0.25, 0.3) is 0 Å². The van der Waals surface area contributed by atoms with Crippen LogP contribution in [-0.4, -0.2) is 59.9 Å². The number of aromatic carboxylic acids is 2. The van der Waals surface area contributed by atoms with Crippen molar-refractivity contribution in [3.05, 3.63) is 35.4 Å². The first-order valence-electron chi connectivity index (χ1n) is 3.18. The monoisotopic (exact) mass is 225 g/mol. The van der Waals surface area contributed by atoms with E-state index in [0.29, 0.717) is 0 Å². The standard InChI is InChI=1S/C8H6O4.Ca.H3N.2H/c9-7(10)5-1-2-6(4-3-5)8(11)12;;;;/h1-4H,(H,9,10)(H,11,12);;1H3;;/q;+2;;2*-1. The SMILES string of the molecule is N.O=C(O)c1ccc(C(=O)O)cc1.[Ca+2].[H-].[H-]. The van der Waals surface area contributed by atoms with Crippen LogP contribution in [0.5, 0.6) is 0 Å². The van der Waals surface area contributed by atoms with Crippen molar-refractivity contribution in [2.75, 3.05) is 0 Å². The molecule has 1 rings (SSSR count). The Balaban J connectivity index is -0.000000180. The number of hydrogen-bond donors (Lipinski definition) is 3. The zero-order chi connectivity index (χ0) is 9.14. The predicted octanol–water partition coefficient (Wildman–Crippen LogP) is 1.09. The molecule has 0 bridgehead atoms. The van der Waals surface area contributed by atoms with Crippen molar-refractivity contribution in [3.63, 3.8) is 0 Å². The van der Waals surface area contributed by atoms with E-state index in [1.807, 2.05) is 0 Å². The fourth-order valence-electron chi connectivity index (χ4n) is 0.755. The second kappa shape index (κ2) is 6.78. The number of benzene rings is 1. The third-order valence-corrected chi connectivity index (χ3v) is 1.38. The van der Waals surface area contributed by atoms with Crippen molar-refractivity contribution < 1.29 is 22.7 Å². The number of carboxylic acid groups (broad SMARTS) is 2. The van der Waals surface area contributed by atoms with Gasteiger partial charge in [-0.2, -0.15) is 0 Å². The Morgan fingerprint density at radius 2 is 1.14 bits per heavy atom. The summed E-state index contributed by atoms with van der Waals surface area (Å²) in [5.74, 6) is -2.13. The van der Waals surface area contributed by atoms with Crippen LogP contribution in [0.4, 0.5) is 0 Å². The first-order valence-corrected chi connectivity index (χ1v) is 3.18. The first-order chi connectivity index (χ1) is 5.61. The number of rotatable bonds is 2. The van der Waals surface area contributed by atoms with Crippen LogP contribution >= 0.6 is 0 Å². The summed E-state index contributed by atoms with van der Waals surface area (Å²) in [4.78, 5) is 20.7. The Morgan fingerprint density at radius 1 is 0.929 bits per heavy atom. The van der Waals surface area contributed by atoms with Gasteiger partial charge in [-0.05, 0) is 24.3 Å². The smallest absolute Gasteiger partial charge is 1.00 e. The van der Waals surface area contributed by atoms with Crippen LogP contribution in [0.15, 0.2) is 24.3 Å². The summed E-state index contributed by atoms with van der Waals surface area (Å²) in [7, 11) is 0. The third-order valence-electron chi connectivity index (χ3n) is 1.38. The number of carbonyl (C=O) groups is 2. The Hall–Kier alpha value is -0.620. The Kier molecular flexibility index (Phi) is 7.67. The first kappa shape index (κ1) is 15.8. The van der Waals surface area contributed by atoms with E-state index in [-0.39, 0.29) is 57.9 Å². The normalized spacial score (nSPS) is 8.00. The van der Waals surface area contributed by atoms with Crippen molar-refractivity contribution in [3.8, 4) is 0 Å². The summed E-state index contributed by atoms with van der Waals surface area (Å²) in [5, 5.41) is 16.9. The molecule has 0 amide bonds. The van der Waals surface area contributed by atoms with Gasteiger partial charge in [0.15, 0.2) is 0 Å². The Morgan fingerprint density at radius 3 is 1.29 bits per heavy atom. The summed E-state index contributed by atoms with van der Waals surface area (Å²) in [6.07, 6.45) is 0. The second-order valence-corrected chi connectivity index (χ2v) is 2.19. The van der Waals surface area contributed by atoms with Crippen molar-refractivity contribution in [2.24, 2.45) is 0 Å². The van der Waals surface area contributed by atoms with Gasteiger partial charge in [0.25, 0.3) is 0 Å². The molecule has 0 atom stereocenters. The zero-order valence-electron chi connectivity index (χ0n) is 9.43. The second-order valence-electron chi connectivity index (χ2n) is 2.19. The zero-order valence-corrected chi connectivity index (χ0v) is 9.64. The fraction of sp³-hybridized carbons (Fsp3) is 0. The molecule has 5 nitrogen and oxygen atoms in total. The molecule has 0 aliphatic carbocycles. The maximum absolute atomic E-state index is 10.3. The molecule has 74 valence electrons. The molecule has 0 aliphatic rings. The van der Waals surface area contributed by atoms with Gasteiger partial charge >= 0.3 is 49.7 Å². The van der Waals surface area contributed by atoms with Gasteiger partial charge < -0.3 is 19.2 Å². The maximum atomic E-state index is 10.3. The van der Waals surface area contributed by atoms with Gasteiger partial charge in [0, 0.05) is 0 Å². The van der Waals surface area contributed by atoms with E-state index < -0.39 is 11.9 Å². The average molecular weight is 225 g/mol. The van der Waals surface area contributed by atoms with Gasteiger partial charge in [0.1, 0.15) is 0 Å². The summed E-state index contributed by atoms with van der Waals surface area (Å²) >= 11 is 0. The number of carboxylic acids is 2. The molecule has 0 saturated carbocycles. The van der Waals surface area contributed by atoms with Crippen LogP contribution in [-0.2, 0) is 0 Å².